The fraction of sp³-hybridized carbons (Fsp3) is 0.625. The topological polar surface area (TPSA) is 57.7 Å². The van der Waals surface area contributed by atoms with Crippen molar-refractivity contribution < 1.29 is 9.53 Å². The van der Waals surface area contributed by atoms with E-state index in [9.17, 15) is 4.79 Å². The van der Waals surface area contributed by atoms with Gasteiger partial charge in [0.15, 0.2) is 5.13 Å². The molecule has 1 N–H and O–H groups in total. The lowest BCUT2D eigenvalue weighted by molar-refractivity contribution is 0.152. The lowest BCUT2D eigenvalue weighted by Crippen LogP contribution is -2.52. The lowest BCUT2D eigenvalue weighted by atomic mass is 10.3. The van der Waals surface area contributed by atoms with E-state index in [0.717, 1.165) is 42.6 Å². The molecule has 0 radical (unpaired) electrons. The third-order valence-corrected chi connectivity index (χ3v) is 4.86. The zero-order valence-electron chi connectivity index (χ0n) is 14.2. The van der Waals surface area contributed by atoms with Gasteiger partial charge >= 0.3 is 6.03 Å². The predicted molar refractivity (Wildman–Crippen MR) is 94.4 cm³/mol. The molecule has 7 heteroatoms. The molecule has 0 spiro atoms. The van der Waals surface area contributed by atoms with Gasteiger partial charge in [0, 0.05) is 37.6 Å². The fourth-order valence-corrected chi connectivity index (χ4v) is 3.24. The molecule has 1 saturated heterocycles. The Balaban J connectivity index is 1.69. The third kappa shape index (κ3) is 5.21. The minimum absolute atomic E-state index is 0.0184. The summed E-state index contributed by atoms with van der Waals surface area (Å²) in [7, 11) is 0. The summed E-state index contributed by atoms with van der Waals surface area (Å²) >= 11 is 1.72. The summed E-state index contributed by atoms with van der Waals surface area (Å²) < 4.78 is 5.37. The molecule has 23 heavy (non-hydrogen) atoms. The van der Waals surface area contributed by atoms with Gasteiger partial charge in [-0.1, -0.05) is 12.2 Å². The Morgan fingerprint density at radius 1 is 1.35 bits per heavy atom. The summed E-state index contributed by atoms with van der Waals surface area (Å²) in [5.41, 5.74) is 2.08. The maximum atomic E-state index is 12.1. The number of carbonyl (C=O) groups excluding carboxylic acids is 1. The zero-order chi connectivity index (χ0) is 16.8. The molecule has 0 bridgehead atoms. The predicted octanol–water partition coefficient (Wildman–Crippen LogP) is 2.18. The maximum Gasteiger partial charge on any atom is 0.317 e. The summed E-state index contributed by atoms with van der Waals surface area (Å²) in [6, 6.07) is -0.0184. The monoisotopic (exact) mass is 338 g/mol. The van der Waals surface area contributed by atoms with Crippen LogP contribution in [-0.4, -0.2) is 61.9 Å². The fourth-order valence-electron chi connectivity index (χ4n) is 2.28. The van der Waals surface area contributed by atoms with Crippen molar-refractivity contribution in [3.8, 4) is 0 Å². The smallest absolute Gasteiger partial charge is 0.317 e. The van der Waals surface area contributed by atoms with Gasteiger partial charge in [0.05, 0.1) is 18.9 Å². The molecule has 0 atom stereocenters. The van der Waals surface area contributed by atoms with Crippen LogP contribution in [0.2, 0.25) is 0 Å². The third-order valence-electron chi connectivity index (χ3n) is 3.73. The first-order valence-electron chi connectivity index (χ1n) is 7.91. The zero-order valence-corrected chi connectivity index (χ0v) is 15.0. The van der Waals surface area contributed by atoms with E-state index in [0.29, 0.717) is 19.8 Å². The van der Waals surface area contributed by atoms with Crippen molar-refractivity contribution in [1.29, 1.82) is 0 Å². The number of nitrogens with zero attached hydrogens (tertiary/aromatic N) is 3. The molecule has 0 aliphatic carbocycles. The van der Waals surface area contributed by atoms with Crippen molar-refractivity contribution in [3.05, 3.63) is 22.7 Å². The lowest BCUT2D eigenvalue weighted by Gasteiger charge is -2.34. The van der Waals surface area contributed by atoms with Crippen LogP contribution in [-0.2, 0) is 4.74 Å². The minimum atomic E-state index is -0.0184. The quantitative estimate of drug-likeness (QED) is 0.638. The van der Waals surface area contributed by atoms with Crippen molar-refractivity contribution in [2.45, 2.75) is 20.8 Å². The van der Waals surface area contributed by atoms with Gasteiger partial charge in [-0.3, -0.25) is 0 Å². The maximum absolute atomic E-state index is 12.1. The summed E-state index contributed by atoms with van der Waals surface area (Å²) in [6.07, 6.45) is 0. The number of hydrogen-bond acceptors (Lipinski definition) is 5. The average Bonchev–Trinajstić information content (AvgIpc) is 2.86. The number of carbonyl (C=O) groups is 1. The van der Waals surface area contributed by atoms with Crippen LogP contribution >= 0.6 is 11.3 Å². The van der Waals surface area contributed by atoms with Gasteiger partial charge in [-0.2, -0.15) is 0 Å². The number of anilines is 1. The Morgan fingerprint density at radius 2 is 2.04 bits per heavy atom. The van der Waals surface area contributed by atoms with E-state index in [2.05, 4.69) is 28.7 Å². The second kappa shape index (κ2) is 8.31. The van der Waals surface area contributed by atoms with E-state index in [1.165, 1.54) is 4.88 Å². The molecular formula is C16H26N4O2S. The van der Waals surface area contributed by atoms with Crippen molar-refractivity contribution in [1.82, 2.24) is 15.2 Å². The number of hydrogen-bond donors (Lipinski definition) is 1. The van der Waals surface area contributed by atoms with Crippen LogP contribution in [0.4, 0.5) is 9.93 Å². The van der Waals surface area contributed by atoms with Gasteiger partial charge in [-0.25, -0.2) is 9.78 Å². The minimum Gasteiger partial charge on any atom is -0.375 e. The van der Waals surface area contributed by atoms with Gasteiger partial charge < -0.3 is 19.9 Å². The van der Waals surface area contributed by atoms with E-state index < -0.39 is 0 Å². The molecule has 2 rings (SSSR count). The van der Waals surface area contributed by atoms with E-state index in [-0.39, 0.29) is 6.03 Å². The van der Waals surface area contributed by atoms with Gasteiger partial charge in [0.1, 0.15) is 0 Å². The van der Waals surface area contributed by atoms with Gasteiger partial charge in [0.25, 0.3) is 0 Å². The van der Waals surface area contributed by atoms with Crippen LogP contribution in [0.1, 0.15) is 17.5 Å². The number of thiazole rings is 1. The van der Waals surface area contributed by atoms with Crippen LogP contribution in [0, 0.1) is 13.8 Å². The van der Waals surface area contributed by atoms with Crippen molar-refractivity contribution in [2.24, 2.45) is 0 Å². The number of aryl methyl sites for hydroxylation is 2. The summed E-state index contributed by atoms with van der Waals surface area (Å²) in [4.78, 5) is 22.1. The highest BCUT2D eigenvalue weighted by molar-refractivity contribution is 7.15. The Labute approximate surface area is 142 Å². The molecule has 1 aliphatic rings. The first kappa shape index (κ1) is 17.7. The van der Waals surface area contributed by atoms with Crippen molar-refractivity contribution >= 4 is 22.5 Å². The number of rotatable bonds is 6. The molecule has 1 aromatic heterocycles. The second-order valence-corrected chi connectivity index (χ2v) is 7.04. The SMILES string of the molecule is C=C(C)COCCNC(=O)N1CCN(c2nc(C)c(C)s2)CC1. The Hall–Kier alpha value is -1.60. The summed E-state index contributed by atoms with van der Waals surface area (Å²) in [5.74, 6) is 0. The van der Waals surface area contributed by atoms with Crippen LogP contribution in [0.5, 0.6) is 0 Å². The highest BCUT2D eigenvalue weighted by Crippen LogP contribution is 2.25. The number of piperazine rings is 1. The second-order valence-electron chi connectivity index (χ2n) is 5.85. The van der Waals surface area contributed by atoms with E-state index in [4.69, 9.17) is 4.74 Å². The molecular weight excluding hydrogens is 312 g/mol. The molecule has 2 amide bonds. The summed E-state index contributed by atoms with van der Waals surface area (Å²) in [5, 5.41) is 3.96. The molecule has 1 fully saturated rings. The molecule has 0 unspecified atom stereocenters. The highest BCUT2D eigenvalue weighted by atomic mass is 32.1. The number of urea groups is 1. The molecule has 1 aromatic rings. The highest BCUT2D eigenvalue weighted by Gasteiger charge is 2.22. The van der Waals surface area contributed by atoms with Crippen LogP contribution in [0.25, 0.3) is 0 Å². The number of amides is 2. The Morgan fingerprint density at radius 3 is 2.61 bits per heavy atom. The molecule has 2 heterocycles. The van der Waals surface area contributed by atoms with Crippen molar-refractivity contribution in [3.63, 3.8) is 0 Å². The number of aromatic nitrogens is 1. The van der Waals surface area contributed by atoms with Gasteiger partial charge in [0.2, 0.25) is 0 Å². The first-order chi connectivity index (χ1) is 11.0. The van der Waals surface area contributed by atoms with Gasteiger partial charge in [-0.15, -0.1) is 11.3 Å². The van der Waals surface area contributed by atoms with E-state index >= 15 is 0 Å². The van der Waals surface area contributed by atoms with Crippen LogP contribution in [0.3, 0.4) is 0 Å². The van der Waals surface area contributed by atoms with E-state index in [1.807, 2.05) is 18.7 Å². The standard InChI is InChI=1S/C16H26N4O2S/c1-12(2)11-22-10-5-17-15(21)19-6-8-20(9-7-19)16-18-13(3)14(4)23-16/h1,5-11H2,2-4H3,(H,17,21). The number of nitrogens with one attached hydrogen (secondary N) is 1. The largest absolute Gasteiger partial charge is 0.375 e. The molecule has 6 nitrogen and oxygen atoms in total. The molecule has 1 aliphatic heterocycles. The number of ether oxygens (including phenoxy) is 1. The Bertz CT molecular complexity index is 531. The average molecular weight is 338 g/mol. The van der Waals surface area contributed by atoms with Gasteiger partial charge in [-0.05, 0) is 20.8 Å². The Kier molecular flexibility index (Phi) is 6.41. The first-order valence-corrected chi connectivity index (χ1v) is 8.73. The van der Waals surface area contributed by atoms with Crippen LogP contribution in [0.15, 0.2) is 12.2 Å². The molecule has 0 aromatic carbocycles. The van der Waals surface area contributed by atoms with E-state index in [1.54, 1.807) is 11.3 Å². The summed E-state index contributed by atoms with van der Waals surface area (Å²) in [6.45, 7) is 14.5. The van der Waals surface area contributed by atoms with Crippen molar-refractivity contribution in [2.75, 3.05) is 50.8 Å². The normalized spacial score (nSPS) is 14.9. The molecule has 128 valence electrons. The van der Waals surface area contributed by atoms with Crippen LogP contribution < -0.4 is 10.2 Å². The molecule has 0 saturated carbocycles.